The molecule has 2 aliphatic heterocycles. The molecule has 0 saturated carbocycles. The van der Waals surface area contributed by atoms with E-state index in [1.165, 1.54) is 13.2 Å². The van der Waals surface area contributed by atoms with Crippen molar-refractivity contribution in [3.05, 3.63) is 42.5 Å². The van der Waals surface area contributed by atoms with E-state index in [4.69, 9.17) is 4.74 Å². The van der Waals surface area contributed by atoms with Gasteiger partial charge < -0.3 is 19.9 Å². The molecular weight excluding hydrogens is 514 g/mol. The molecule has 1 N–H and O–H groups in total. The number of anilines is 4. The van der Waals surface area contributed by atoms with E-state index in [1.807, 2.05) is 6.92 Å². The van der Waals surface area contributed by atoms with Crippen LogP contribution in [0.4, 0.5) is 32.1 Å². The Morgan fingerprint density at radius 2 is 1.97 bits per heavy atom. The Kier molecular flexibility index (Phi) is 7.36. The van der Waals surface area contributed by atoms with Gasteiger partial charge in [-0.3, -0.25) is 0 Å². The van der Waals surface area contributed by atoms with Crippen LogP contribution in [0.1, 0.15) is 20.3 Å². The van der Waals surface area contributed by atoms with Crippen LogP contribution in [0.5, 0.6) is 0 Å². The number of hydrogen-bond acceptors (Lipinski definition) is 9. The Balaban J connectivity index is 1.34. The topological polar surface area (TPSA) is 101 Å². The molecule has 3 aromatic rings. The second-order valence-corrected chi connectivity index (χ2v) is 12.3. The van der Waals surface area contributed by atoms with Gasteiger partial charge in [-0.2, -0.15) is 4.98 Å². The van der Waals surface area contributed by atoms with E-state index in [0.29, 0.717) is 47.9 Å². The van der Waals surface area contributed by atoms with E-state index in [-0.39, 0.29) is 35.8 Å². The molecule has 2 fully saturated rings. The SMILES string of the molecule is CCS(=O)(=O)C[C@H]1CN(c2ccc(F)c3cc(Nc4ccnc(N5CC[C@@H](OC)[C@@H](F)C5)n4)ncc23)[C@@H]1C. The van der Waals surface area contributed by atoms with Crippen LogP contribution in [-0.4, -0.2) is 79.9 Å². The number of halogens is 2. The van der Waals surface area contributed by atoms with Gasteiger partial charge in [-0.05, 0) is 37.6 Å². The van der Waals surface area contributed by atoms with Crippen LogP contribution in [0.15, 0.2) is 36.7 Å². The first kappa shape index (κ1) is 26.5. The third-order valence-corrected chi connectivity index (χ3v) is 9.43. The molecule has 4 heterocycles. The molecule has 2 saturated heterocycles. The summed E-state index contributed by atoms with van der Waals surface area (Å²) >= 11 is 0. The zero-order valence-electron chi connectivity index (χ0n) is 21.6. The molecule has 0 spiro atoms. The summed E-state index contributed by atoms with van der Waals surface area (Å²) in [5, 5.41) is 4.15. The van der Waals surface area contributed by atoms with Crippen LogP contribution in [0.25, 0.3) is 10.8 Å². The molecule has 0 radical (unpaired) electrons. The van der Waals surface area contributed by atoms with E-state index >= 15 is 0 Å². The number of fused-ring (bicyclic) bond motifs is 1. The number of nitrogens with one attached hydrogen (secondary N) is 1. The summed E-state index contributed by atoms with van der Waals surface area (Å²) in [6.45, 7) is 4.96. The number of methoxy groups -OCH3 is 1. The molecule has 0 amide bonds. The highest BCUT2D eigenvalue weighted by atomic mass is 32.2. The maximum Gasteiger partial charge on any atom is 0.227 e. The van der Waals surface area contributed by atoms with Gasteiger partial charge in [-0.15, -0.1) is 0 Å². The number of rotatable bonds is 8. The molecule has 12 heteroatoms. The normalized spacial score (nSPS) is 23.9. The molecule has 4 atom stereocenters. The largest absolute Gasteiger partial charge is 0.378 e. The van der Waals surface area contributed by atoms with Gasteiger partial charge in [0.05, 0.1) is 18.4 Å². The summed E-state index contributed by atoms with van der Waals surface area (Å²) in [5.41, 5.74) is 0.822. The predicted octanol–water partition coefficient (Wildman–Crippen LogP) is 3.73. The monoisotopic (exact) mass is 546 g/mol. The minimum absolute atomic E-state index is 0.0140. The van der Waals surface area contributed by atoms with Crippen LogP contribution >= 0.6 is 0 Å². The van der Waals surface area contributed by atoms with Crippen molar-refractivity contribution in [2.75, 3.05) is 53.4 Å². The fourth-order valence-corrected chi connectivity index (χ4v) is 6.45. The average Bonchev–Trinajstić information content (AvgIpc) is 2.91. The van der Waals surface area contributed by atoms with Crippen molar-refractivity contribution < 1.29 is 21.9 Å². The van der Waals surface area contributed by atoms with Gasteiger partial charge in [0.25, 0.3) is 0 Å². The number of pyridine rings is 1. The third kappa shape index (κ3) is 5.24. The molecule has 0 unspecified atom stereocenters. The number of sulfone groups is 1. The number of alkyl halides is 1. The Morgan fingerprint density at radius 3 is 2.68 bits per heavy atom. The second kappa shape index (κ2) is 10.6. The lowest BCUT2D eigenvalue weighted by Gasteiger charge is -2.48. The highest BCUT2D eigenvalue weighted by Crippen LogP contribution is 2.38. The maximum absolute atomic E-state index is 14.9. The smallest absolute Gasteiger partial charge is 0.227 e. The molecule has 204 valence electrons. The molecular formula is C26H32F2N6O3S. The molecule has 0 aliphatic carbocycles. The summed E-state index contributed by atoms with van der Waals surface area (Å²) in [7, 11) is -1.55. The first-order valence-corrected chi connectivity index (χ1v) is 14.6. The van der Waals surface area contributed by atoms with E-state index < -0.39 is 22.1 Å². The lowest BCUT2D eigenvalue weighted by molar-refractivity contribution is 0.0194. The summed E-state index contributed by atoms with van der Waals surface area (Å²) in [6.07, 6.45) is 2.18. The summed E-state index contributed by atoms with van der Waals surface area (Å²) in [5.74, 6) is 1.20. The first-order chi connectivity index (χ1) is 18.2. The fraction of sp³-hybridized carbons (Fsp3) is 0.500. The average molecular weight is 547 g/mol. The number of piperidine rings is 1. The van der Waals surface area contributed by atoms with E-state index in [0.717, 1.165) is 5.69 Å². The molecule has 1 aromatic carbocycles. The van der Waals surface area contributed by atoms with Crippen molar-refractivity contribution in [2.45, 2.75) is 38.6 Å². The van der Waals surface area contributed by atoms with Gasteiger partial charge in [0.2, 0.25) is 5.95 Å². The van der Waals surface area contributed by atoms with Gasteiger partial charge >= 0.3 is 0 Å². The summed E-state index contributed by atoms with van der Waals surface area (Å²) in [6, 6.07) is 6.45. The molecule has 2 aromatic heterocycles. The van der Waals surface area contributed by atoms with Crippen LogP contribution in [0.3, 0.4) is 0 Å². The molecule has 2 aliphatic rings. The molecule has 9 nitrogen and oxygen atoms in total. The summed E-state index contributed by atoms with van der Waals surface area (Å²) < 4.78 is 58.6. The molecule has 0 bridgehead atoms. The lowest BCUT2D eigenvalue weighted by Crippen LogP contribution is -2.57. The Hall–Kier alpha value is -3.12. The fourth-order valence-electron chi connectivity index (χ4n) is 5.18. The highest BCUT2D eigenvalue weighted by molar-refractivity contribution is 7.91. The quantitative estimate of drug-likeness (QED) is 0.453. The van der Waals surface area contributed by atoms with Gasteiger partial charge in [-0.25, -0.2) is 27.2 Å². The van der Waals surface area contributed by atoms with Crippen LogP contribution in [-0.2, 0) is 14.6 Å². The second-order valence-electron chi connectivity index (χ2n) is 9.93. The number of ether oxygens (including phenoxy) is 1. The lowest BCUT2D eigenvalue weighted by atomic mass is 9.90. The van der Waals surface area contributed by atoms with Crippen molar-refractivity contribution in [3.8, 4) is 0 Å². The standard InChI is InChI=1S/C26H32F2N6O3S/c1-4-38(35,36)15-17-13-34(16(17)2)22-6-5-20(27)18-11-25(30-12-19(18)22)31-24-7-9-29-26(32-24)33-10-8-23(37-3)21(28)14-33/h5-7,9,11-12,16-17,21,23H,4,8,10,13-15H2,1-3H3,(H,29,30,31,32)/t16-,17-,21+,23-/m1/s1. The minimum Gasteiger partial charge on any atom is -0.378 e. The zero-order chi connectivity index (χ0) is 27.0. The Morgan fingerprint density at radius 1 is 1.16 bits per heavy atom. The van der Waals surface area contributed by atoms with Gasteiger partial charge in [0.1, 0.15) is 33.5 Å². The summed E-state index contributed by atoms with van der Waals surface area (Å²) in [4.78, 5) is 17.1. The van der Waals surface area contributed by atoms with Gasteiger partial charge in [0, 0.05) is 66.8 Å². The van der Waals surface area contributed by atoms with Crippen LogP contribution < -0.4 is 15.1 Å². The number of benzene rings is 1. The Bertz CT molecular complexity index is 1430. The van der Waals surface area contributed by atoms with E-state index in [2.05, 4.69) is 25.2 Å². The van der Waals surface area contributed by atoms with E-state index in [1.54, 1.807) is 42.4 Å². The first-order valence-electron chi connectivity index (χ1n) is 12.8. The van der Waals surface area contributed by atoms with Crippen LogP contribution in [0.2, 0.25) is 0 Å². The number of aromatic nitrogens is 3. The Labute approximate surface area is 221 Å². The molecule has 5 rings (SSSR count). The van der Waals surface area contributed by atoms with Gasteiger partial charge in [0.15, 0.2) is 0 Å². The van der Waals surface area contributed by atoms with Crippen molar-refractivity contribution >= 4 is 43.9 Å². The molecule has 38 heavy (non-hydrogen) atoms. The van der Waals surface area contributed by atoms with Crippen molar-refractivity contribution in [1.82, 2.24) is 15.0 Å². The van der Waals surface area contributed by atoms with Crippen molar-refractivity contribution in [2.24, 2.45) is 5.92 Å². The number of nitrogens with zero attached hydrogens (tertiary/aromatic N) is 5. The highest BCUT2D eigenvalue weighted by Gasteiger charge is 2.38. The van der Waals surface area contributed by atoms with Gasteiger partial charge in [-0.1, -0.05) is 6.92 Å². The zero-order valence-corrected chi connectivity index (χ0v) is 22.5. The minimum atomic E-state index is -3.06. The maximum atomic E-state index is 14.9. The third-order valence-electron chi connectivity index (χ3n) is 7.61. The van der Waals surface area contributed by atoms with E-state index in [9.17, 15) is 17.2 Å². The van der Waals surface area contributed by atoms with Crippen LogP contribution in [0, 0.1) is 11.7 Å². The van der Waals surface area contributed by atoms with Crippen molar-refractivity contribution in [1.29, 1.82) is 0 Å². The predicted molar refractivity (Wildman–Crippen MR) is 144 cm³/mol. The van der Waals surface area contributed by atoms with Crippen molar-refractivity contribution in [3.63, 3.8) is 0 Å². The number of hydrogen-bond donors (Lipinski definition) is 1.